The second-order valence-electron chi connectivity index (χ2n) is 6.51. The highest BCUT2D eigenvalue weighted by Crippen LogP contribution is 2.20. The molecule has 1 aliphatic heterocycles. The van der Waals surface area contributed by atoms with Crippen LogP contribution < -0.4 is 5.32 Å². The van der Waals surface area contributed by atoms with E-state index >= 15 is 0 Å². The summed E-state index contributed by atoms with van der Waals surface area (Å²) >= 11 is 1.78. The number of amides is 1. The number of methoxy groups -OCH3 is 1. The van der Waals surface area contributed by atoms with Crippen molar-refractivity contribution >= 4 is 23.1 Å². The Bertz CT molecular complexity index is 697. The number of hydrogen-bond donors (Lipinski definition) is 1. The van der Waals surface area contributed by atoms with Crippen molar-refractivity contribution in [1.29, 1.82) is 0 Å². The van der Waals surface area contributed by atoms with Crippen molar-refractivity contribution in [1.82, 2.24) is 9.88 Å². The van der Waals surface area contributed by atoms with Crippen LogP contribution in [-0.2, 0) is 11.3 Å². The smallest absolute Gasteiger partial charge is 0.255 e. The molecule has 0 spiro atoms. The Morgan fingerprint density at radius 2 is 2.28 bits per heavy atom. The number of thiophene rings is 1. The van der Waals surface area contributed by atoms with E-state index in [1.54, 1.807) is 24.6 Å². The van der Waals surface area contributed by atoms with E-state index in [0.29, 0.717) is 18.1 Å². The molecule has 1 unspecified atom stereocenters. The van der Waals surface area contributed by atoms with Gasteiger partial charge < -0.3 is 15.0 Å². The van der Waals surface area contributed by atoms with Crippen LogP contribution in [0.15, 0.2) is 30.5 Å². The van der Waals surface area contributed by atoms with Gasteiger partial charge in [0.15, 0.2) is 0 Å². The van der Waals surface area contributed by atoms with Gasteiger partial charge in [-0.05, 0) is 49.9 Å². The van der Waals surface area contributed by atoms with Crippen molar-refractivity contribution in [3.8, 4) is 0 Å². The maximum Gasteiger partial charge on any atom is 0.255 e. The van der Waals surface area contributed by atoms with Crippen LogP contribution in [0.3, 0.4) is 0 Å². The first-order valence-corrected chi connectivity index (χ1v) is 9.51. The molecule has 2 aromatic rings. The summed E-state index contributed by atoms with van der Waals surface area (Å²) in [6, 6.07) is 7.98. The number of rotatable bonds is 6. The van der Waals surface area contributed by atoms with Gasteiger partial charge in [0.1, 0.15) is 5.82 Å². The predicted molar refractivity (Wildman–Crippen MR) is 101 cm³/mol. The van der Waals surface area contributed by atoms with Gasteiger partial charge in [-0.1, -0.05) is 0 Å². The molecule has 5 nitrogen and oxygen atoms in total. The van der Waals surface area contributed by atoms with Crippen LogP contribution in [0, 0.1) is 12.8 Å². The molecule has 25 heavy (non-hydrogen) atoms. The van der Waals surface area contributed by atoms with Crippen LogP contribution in [0.1, 0.15) is 33.0 Å². The zero-order valence-corrected chi connectivity index (χ0v) is 15.6. The van der Waals surface area contributed by atoms with Crippen LogP contribution in [-0.4, -0.2) is 42.6 Å². The van der Waals surface area contributed by atoms with E-state index in [1.807, 2.05) is 17.0 Å². The molecule has 0 aliphatic carbocycles. The minimum Gasteiger partial charge on any atom is -0.384 e. The highest BCUT2D eigenvalue weighted by atomic mass is 32.1. The summed E-state index contributed by atoms with van der Waals surface area (Å²) in [5, 5.41) is 3.30. The Labute approximate surface area is 153 Å². The fourth-order valence-electron chi connectivity index (χ4n) is 3.19. The molecule has 1 aliphatic rings. The van der Waals surface area contributed by atoms with Gasteiger partial charge >= 0.3 is 0 Å². The predicted octanol–water partition coefficient (Wildman–Crippen LogP) is 3.56. The molecular weight excluding hydrogens is 334 g/mol. The minimum absolute atomic E-state index is 0.0636. The number of hydrogen-bond acceptors (Lipinski definition) is 5. The van der Waals surface area contributed by atoms with Crippen molar-refractivity contribution in [2.24, 2.45) is 5.92 Å². The molecule has 1 amide bonds. The average Bonchev–Trinajstić information content (AvgIpc) is 3.06. The largest absolute Gasteiger partial charge is 0.384 e. The van der Waals surface area contributed by atoms with Crippen LogP contribution >= 0.6 is 11.3 Å². The fourth-order valence-corrected chi connectivity index (χ4v) is 4.02. The maximum atomic E-state index is 12.7. The van der Waals surface area contributed by atoms with Crippen molar-refractivity contribution in [3.63, 3.8) is 0 Å². The number of carbonyl (C=O) groups excluding carboxylic acids is 1. The molecule has 1 saturated heterocycles. The number of likely N-dealkylation sites (tertiary alicyclic amines) is 1. The quantitative estimate of drug-likeness (QED) is 0.857. The Balaban J connectivity index is 1.56. The summed E-state index contributed by atoms with van der Waals surface area (Å²) in [5.74, 6) is 1.29. The third kappa shape index (κ3) is 4.80. The van der Waals surface area contributed by atoms with E-state index in [9.17, 15) is 4.79 Å². The van der Waals surface area contributed by atoms with Crippen molar-refractivity contribution in [3.05, 3.63) is 45.8 Å². The van der Waals surface area contributed by atoms with Gasteiger partial charge in [-0.15, -0.1) is 11.3 Å². The van der Waals surface area contributed by atoms with E-state index < -0.39 is 0 Å². The summed E-state index contributed by atoms with van der Waals surface area (Å²) < 4.78 is 5.24. The normalized spacial score (nSPS) is 17.5. The van der Waals surface area contributed by atoms with Crippen LogP contribution in [0.4, 0.5) is 5.82 Å². The van der Waals surface area contributed by atoms with Gasteiger partial charge in [-0.2, -0.15) is 0 Å². The third-order valence-corrected chi connectivity index (χ3v) is 5.46. The lowest BCUT2D eigenvalue weighted by Gasteiger charge is -2.32. The van der Waals surface area contributed by atoms with Gasteiger partial charge in [-0.25, -0.2) is 4.98 Å². The topological polar surface area (TPSA) is 54.5 Å². The molecule has 0 saturated carbocycles. The van der Waals surface area contributed by atoms with E-state index in [0.717, 1.165) is 38.3 Å². The Morgan fingerprint density at radius 3 is 2.96 bits per heavy atom. The monoisotopic (exact) mass is 359 g/mol. The summed E-state index contributed by atoms with van der Waals surface area (Å²) in [7, 11) is 1.72. The van der Waals surface area contributed by atoms with Crippen LogP contribution in [0.25, 0.3) is 0 Å². The molecular formula is C19H25N3O2S. The second-order valence-corrected chi connectivity index (χ2v) is 7.89. The van der Waals surface area contributed by atoms with E-state index in [-0.39, 0.29) is 5.91 Å². The highest BCUT2D eigenvalue weighted by molar-refractivity contribution is 7.11. The molecule has 6 heteroatoms. The minimum atomic E-state index is 0.0636. The SMILES string of the molecule is COCC1CCCN(C(=O)c2ccc(NCc3ccc(C)s3)nc2)C1. The standard InChI is InChI=1S/C19H25N3O2S/c1-14-5-7-17(25-14)11-21-18-8-6-16(10-20-18)19(23)22-9-3-4-15(12-22)13-24-2/h5-8,10,15H,3-4,9,11-13H2,1-2H3,(H,20,21). The number of nitrogens with zero attached hydrogens (tertiary/aromatic N) is 2. The lowest BCUT2D eigenvalue weighted by atomic mass is 9.98. The molecule has 1 fully saturated rings. The zero-order valence-electron chi connectivity index (χ0n) is 14.8. The number of pyridine rings is 1. The van der Waals surface area contributed by atoms with Gasteiger partial charge in [0, 0.05) is 36.2 Å². The van der Waals surface area contributed by atoms with Gasteiger partial charge in [0.2, 0.25) is 0 Å². The van der Waals surface area contributed by atoms with E-state index in [4.69, 9.17) is 4.74 Å². The molecule has 0 bridgehead atoms. The number of ether oxygens (including phenoxy) is 1. The number of piperidine rings is 1. The van der Waals surface area contributed by atoms with Crippen LogP contribution in [0.5, 0.6) is 0 Å². The number of carbonyl (C=O) groups is 1. The summed E-state index contributed by atoms with van der Waals surface area (Å²) in [6.45, 7) is 5.16. The Kier molecular flexibility index (Phi) is 6.04. The molecule has 2 aromatic heterocycles. The number of aromatic nitrogens is 1. The first kappa shape index (κ1) is 17.9. The van der Waals surface area contributed by atoms with E-state index in [1.165, 1.54) is 9.75 Å². The molecule has 0 radical (unpaired) electrons. The van der Waals surface area contributed by atoms with Crippen molar-refractivity contribution < 1.29 is 9.53 Å². The molecule has 3 rings (SSSR count). The number of nitrogens with one attached hydrogen (secondary N) is 1. The lowest BCUT2D eigenvalue weighted by Crippen LogP contribution is -2.41. The maximum absolute atomic E-state index is 12.7. The van der Waals surface area contributed by atoms with Crippen LogP contribution in [0.2, 0.25) is 0 Å². The second kappa shape index (κ2) is 8.45. The summed E-state index contributed by atoms with van der Waals surface area (Å²) in [5.41, 5.74) is 0.649. The van der Waals surface area contributed by atoms with Crippen molar-refractivity contribution in [2.45, 2.75) is 26.3 Å². The third-order valence-electron chi connectivity index (χ3n) is 4.46. The summed E-state index contributed by atoms with van der Waals surface area (Å²) in [4.78, 5) is 21.6. The van der Waals surface area contributed by atoms with Crippen molar-refractivity contribution in [2.75, 3.05) is 32.1 Å². The molecule has 1 N–H and O–H groups in total. The molecule has 1 atom stereocenters. The Hall–Kier alpha value is -1.92. The Morgan fingerprint density at radius 1 is 1.40 bits per heavy atom. The molecule has 3 heterocycles. The fraction of sp³-hybridized carbons (Fsp3) is 0.474. The first-order valence-electron chi connectivity index (χ1n) is 8.69. The average molecular weight is 359 g/mol. The molecule has 0 aromatic carbocycles. The highest BCUT2D eigenvalue weighted by Gasteiger charge is 2.24. The van der Waals surface area contributed by atoms with Gasteiger partial charge in [-0.3, -0.25) is 4.79 Å². The lowest BCUT2D eigenvalue weighted by molar-refractivity contribution is 0.0570. The zero-order chi connectivity index (χ0) is 17.6. The van der Waals surface area contributed by atoms with E-state index in [2.05, 4.69) is 29.4 Å². The molecule has 134 valence electrons. The first-order chi connectivity index (χ1) is 12.2. The number of aryl methyl sites for hydroxylation is 1. The van der Waals surface area contributed by atoms with Gasteiger partial charge in [0.05, 0.1) is 18.7 Å². The summed E-state index contributed by atoms with van der Waals surface area (Å²) in [6.07, 6.45) is 3.83. The number of anilines is 1. The van der Waals surface area contributed by atoms with Gasteiger partial charge in [0.25, 0.3) is 5.91 Å².